The quantitative estimate of drug-likeness (QED) is 0.706. The molecule has 1 atom stereocenters. The summed E-state index contributed by atoms with van der Waals surface area (Å²) >= 11 is 0. The monoisotopic (exact) mass is 214 g/mol. The van der Waals surface area contributed by atoms with Gasteiger partial charge in [0.15, 0.2) is 0 Å². The van der Waals surface area contributed by atoms with Crippen LogP contribution in [0.5, 0.6) is 0 Å². The Morgan fingerprint density at radius 3 is 2.80 bits per heavy atom. The SMILES string of the molecule is CC(CCN)NC(=O)CC1CCOCC1. The van der Waals surface area contributed by atoms with Crippen molar-refractivity contribution in [3.8, 4) is 0 Å². The number of ether oxygens (including phenoxy) is 1. The van der Waals surface area contributed by atoms with Crippen LogP contribution in [0.3, 0.4) is 0 Å². The molecule has 1 fully saturated rings. The minimum Gasteiger partial charge on any atom is -0.381 e. The molecule has 1 heterocycles. The lowest BCUT2D eigenvalue weighted by Gasteiger charge is -2.22. The molecule has 0 aromatic heterocycles. The van der Waals surface area contributed by atoms with Gasteiger partial charge < -0.3 is 15.8 Å². The molecule has 1 aliphatic heterocycles. The molecule has 0 aromatic rings. The number of nitrogens with one attached hydrogen (secondary N) is 1. The van der Waals surface area contributed by atoms with Gasteiger partial charge in [-0.2, -0.15) is 0 Å². The van der Waals surface area contributed by atoms with Crippen LogP contribution >= 0.6 is 0 Å². The molecular formula is C11H22N2O2. The van der Waals surface area contributed by atoms with Crippen LogP contribution in [-0.4, -0.2) is 31.7 Å². The van der Waals surface area contributed by atoms with Crippen molar-refractivity contribution in [1.29, 1.82) is 0 Å². The van der Waals surface area contributed by atoms with Crippen LogP contribution in [-0.2, 0) is 9.53 Å². The average Bonchev–Trinajstić information content (AvgIpc) is 2.19. The van der Waals surface area contributed by atoms with Crippen LogP contribution in [0.2, 0.25) is 0 Å². The molecule has 1 saturated heterocycles. The van der Waals surface area contributed by atoms with Gasteiger partial charge in [-0.05, 0) is 38.6 Å². The van der Waals surface area contributed by atoms with Gasteiger partial charge in [0.25, 0.3) is 0 Å². The maximum atomic E-state index is 11.6. The summed E-state index contributed by atoms with van der Waals surface area (Å²) in [5.74, 6) is 0.659. The Balaban J connectivity index is 2.16. The van der Waals surface area contributed by atoms with Gasteiger partial charge in [0, 0.05) is 25.7 Å². The molecule has 1 rings (SSSR count). The summed E-state index contributed by atoms with van der Waals surface area (Å²) in [5, 5.41) is 2.97. The van der Waals surface area contributed by atoms with Gasteiger partial charge in [-0.15, -0.1) is 0 Å². The third-order valence-electron chi connectivity index (χ3n) is 2.82. The predicted molar refractivity (Wildman–Crippen MR) is 59.4 cm³/mol. The lowest BCUT2D eigenvalue weighted by atomic mass is 9.96. The van der Waals surface area contributed by atoms with Crippen LogP contribution in [0.4, 0.5) is 0 Å². The van der Waals surface area contributed by atoms with E-state index < -0.39 is 0 Å². The summed E-state index contributed by atoms with van der Waals surface area (Å²) in [5.41, 5.74) is 5.42. The summed E-state index contributed by atoms with van der Waals surface area (Å²) in [4.78, 5) is 11.6. The molecule has 3 N–H and O–H groups in total. The average molecular weight is 214 g/mol. The second kappa shape index (κ2) is 6.80. The summed E-state index contributed by atoms with van der Waals surface area (Å²) < 4.78 is 5.25. The molecule has 0 radical (unpaired) electrons. The first-order chi connectivity index (χ1) is 7.22. The van der Waals surface area contributed by atoms with E-state index in [1.54, 1.807) is 0 Å². The van der Waals surface area contributed by atoms with E-state index in [1.807, 2.05) is 6.92 Å². The fourth-order valence-corrected chi connectivity index (χ4v) is 1.87. The third kappa shape index (κ3) is 5.14. The standard InChI is InChI=1S/C11H22N2O2/c1-9(2-5-12)13-11(14)8-10-3-6-15-7-4-10/h9-10H,2-8,12H2,1H3,(H,13,14). The highest BCUT2D eigenvalue weighted by atomic mass is 16.5. The van der Waals surface area contributed by atoms with Gasteiger partial charge >= 0.3 is 0 Å². The van der Waals surface area contributed by atoms with Gasteiger partial charge in [-0.1, -0.05) is 0 Å². The zero-order valence-corrected chi connectivity index (χ0v) is 9.50. The van der Waals surface area contributed by atoms with Crippen molar-refractivity contribution >= 4 is 5.91 Å². The molecule has 88 valence electrons. The molecule has 1 unspecified atom stereocenters. The first-order valence-electron chi connectivity index (χ1n) is 5.79. The molecule has 1 aliphatic rings. The summed E-state index contributed by atoms with van der Waals surface area (Å²) in [6.45, 7) is 4.22. The van der Waals surface area contributed by atoms with Gasteiger partial charge in [-0.25, -0.2) is 0 Å². The highest BCUT2D eigenvalue weighted by Crippen LogP contribution is 2.18. The Bertz CT molecular complexity index is 191. The van der Waals surface area contributed by atoms with E-state index in [4.69, 9.17) is 10.5 Å². The maximum Gasteiger partial charge on any atom is 0.220 e. The molecule has 4 heteroatoms. The topological polar surface area (TPSA) is 64.3 Å². The Hall–Kier alpha value is -0.610. The number of nitrogens with two attached hydrogens (primary N) is 1. The Kier molecular flexibility index (Phi) is 5.65. The molecule has 4 nitrogen and oxygen atoms in total. The Labute approximate surface area is 91.5 Å². The highest BCUT2D eigenvalue weighted by Gasteiger charge is 2.17. The van der Waals surface area contributed by atoms with Crippen molar-refractivity contribution in [2.75, 3.05) is 19.8 Å². The zero-order chi connectivity index (χ0) is 11.1. The van der Waals surface area contributed by atoms with Crippen LogP contribution in [0, 0.1) is 5.92 Å². The van der Waals surface area contributed by atoms with Crippen LogP contribution in [0.25, 0.3) is 0 Å². The number of hydrogen-bond donors (Lipinski definition) is 2. The largest absolute Gasteiger partial charge is 0.381 e. The lowest BCUT2D eigenvalue weighted by Crippen LogP contribution is -2.35. The molecule has 0 aliphatic carbocycles. The van der Waals surface area contributed by atoms with Gasteiger partial charge in [0.05, 0.1) is 0 Å². The molecular weight excluding hydrogens is 192 g/mol. The first-order valence-corrected chi connectivity index (χ1v) is 5.79. The van der Waals surface area contributed by atoms with Crippen molar-refractivity contribution in [1.82, 2.24) is 5.32 Å². The van der Waals surface area contributed by atoms with E-state index in [-0.39, 0.29) is 11.9 Å². The molecule has 1 amide bonds. The number of carbonyl (C=O) groups excluding carboxylic acids is 1. The number of carbonyl (C=O) groups is 1. The molecule has 0 bridgehead atoms. The zero-order valence-electron chi connectivity index (χ0n) is 9.50. The van der Waals surface area contributed by atoms with Crippen molar-refractivity contribution in [3.63, 3.8) is 0 Å². The smallest absolute Gasteiger partial charge is 0.220 e. The van der Waals surface area contributed by atoms with Gasteiger partial charge in [-0.3, -0.25) is 4.79 Å². The van der Waals surface area contributed by atoms with E-state index >= 15 is 0 Å². The summed E-state index contributed by atoms with van der Waals surface area (Å²) in [6, 6.07) is 0.197. The summed E-state index contributed by atoms with van der Waals surface area (Å²) in [6.07, 6.45) is 3.51. The van der Waals surface area contributed by atoms with E-state index in [1.165, 1.54) is 0 Å². The Morgan fingerprint density at radius 1 is 1.53 bits per heavy atom. The Morgan fingerprint density at radius 2 is 2.20 bits per heavy atom. The second-order valence-electron chi connectivity index (χ2n) is 4.31. The van der Waals surface area contributed by atoms with Crippen molar-refractivity contribution < 1.29 is 9.53 Å². The van der Waals surface area contributed by atoms with Crippen LogP contribution in [0.15, 0.2) is 0 Å². The third-order valence-corrected chi connectivity index (χ3v) is 2.82. The van der Waals surface area contributed by atoms with E-state index in [2.05, 4.69) is 5.32 Å². The summed E-state index contributed by atoms with van der Waals surface area (Å²) in [7, 11) is 0. The fourth-order valence-electron chi connectivity index (χ4n) is 1.87. The molecule has 15 heavy (non-hydrogen) atoms. The minimum absolute atomic E-state index is 0.155. The normalized spacial score (nSPS) is 19.9. The lowest BCUT2D eigenvalue weighted by molar-refractivity contribution is -0.123. The molecule has 0 saturated carbocycles. The van der Waals surface area contributed by atoms with Gasteiger partial charge in [0.1, 0.15) is 0 Å². The fraction of sp³-hybridized carbons (Fsp3) is 0.909. The van der Waals surface area contributed by atoms with Crippen molar-refractivity contribution in [2.45, 2.75) is 38.6 Å². The van der Waals surface area contributed by atoms with Gasteiger partial charge in [0.2, 0.25) is 5.91 Å². The van der Waals surface area contributed by atoms with E-state index in [0.717, 1.165) is 32.5 Å². The first kappa shape index (κ1) is 12.5. The number of rotatable bonds is 5. The van der Waals surface area contributed by atoms with Crippen LogP contribution in [0.1, 0.15) is 32.6 Å². The number of amides is 1. The van der Waals surface area contributed by atoms with Crippen LogP contribution < -0.4 is 11.1 Å². The van der Waals surface area contributed by atoms with E-state index in [0.29, 0.717) is 18.9 Å². The highest BCUT2D eigenvalue weighted by molar-refractivity contribution is 5.76. The van der Waals surface area contributed by atoms with Crippen molar-refractivity contribution in [3.05, 3.63) is 0 Å². The second-order valence-corrected chi connectivity index (χ2v) is 4.31. The molecule has 0 spiro atoms. The minimum atomic E-state index is 0.155. The number of hydrogen-bond acceptors (Lipinski definition) is 3. The van der Waals surface area contributed by atoms with Crippen molar-refractivity contribution in [2.24, 2.45) is 11.7 Å². The van der Waals surface area contributed by atoms with E-state index in [9.17, 15) is 4.79 Å². The maximum absolute atomic E-state index is 11.6. The predicted octanol–water partition coefficient (Wildman–Crippen LogP) is 0.657. The molecule has 0 aromatic carbocycles.